The SMILES string of the molecule is O=C=NCCCOC1CCCCC1. The molecule has 1 aliphatic rings. The van der Waals surface area contributed by atoms with Gasteiger partial charge in [0.15, 0.2) is 0 Å². The van der Waals surface area contributed by atoms with Gasteiger partial charge in [-0.15, -0.1) is 0 Å². The summed E-state index contributed by atoms with van der Waals surface area (Å²) in [4.78, 5) is 13.2. The van der Waals surface area contributed by atoms with Gasteiger partial charge in [-0.1, -0.05) is 19.3 Å². The summed E-state index contributed by atoms with van der Waals surface area (Å²) in [5.41, 5.74) is 0. The third kappa shape index (κ3) is 4.81. The van der Waals surface area contributed by atoms with E-state index in [1.54, 1.807) is 0 Å². The van der Waals surface area contributed by atoms with Crippen molar-refractivity contribution in [2.24, 2.45) is 4.99 Å². The molecule has 1 saturated carbocycles. The summed E-state index contributed by atoms with van der Waals surface area (Å²) in [6.07, 6.45) is 9.20. The molecule has 0 heterocycles. The molecule has 74 valence electrons. The first kappa shape index (κ1) is 10.4. The minimum Gasteiger partial charge on any atom is -0.378 e. The predicted octanol–water partition coefficient (Wildman–Crippen LogP) is 2.06. The highest BCUT2D eigenvalue weighted by Crippen LogP contribution is 2.20. The van der Waals surface area contributed by atoms with Gasteiger partial charge in [0, 0.05) is 6.61 Å². The summed E-state index contributed by atoms with van der Waals surface area (Å²) >= 11 is 0. The molecule has 1 fully saturated rings. The number of rotatable bonds is 5. The van der Waals surface area contributed by atoms with Crippen molar-refractivity contribution in [2.45, 2.75) is 44.6 Å². The Morgan fingerprint density at radius 1 is 1.31 bits per heavy atom. The molecule has 3 nitrogen and oxygen atoms in total. The topological polar surface area (TPSA) is 38.7 Å². The second kappa shape index (κ2) is 6.81. The summed E-state index contributed by atoms with van der Waals surface area (Å²) in [7, 11) is 0. The maximum Gasteiger partial charge on any atom is 0.234 e. The predicted molar refractivity (Wildman–Crippen MR) is 50.4 cm³/mol. The van der Waals surface area contributed by atoms with Crippen LogP contribution in [0.3, 0.4) is 0 Å². The highest BCUT2D eigenvalue weighted by molar-refractivity contribution is 5.32. The average Bonchev–Trinajstić information content (AvgIpc) is 2.19. The third-order valence-corrected chi connectivity index (χ3v) is 2.38. The van der Waals surface area contributed by atoms with Crippen molar-refractivity contribution in [1.29, 1.82) is 0 Å². The van der Waals surface area contributed by atoms with E-state index in [1.807, 2.05) is 0 Å². The summed E-state index contributed by atoms with van der Waals surface area (Å²) in [5, 5.41) is 0. The zero-order valence-electron chi connectivity index (χ0n) is 8.00. The fourth-order valence-electron chi connectivity index (χ4n) is 1.67. The lowest BCUT2D eigenvalue weighted by atomic mass is 9.98. The van der Waals surface area contributed by atoms with Crippen LogP contribution < -0.4 is 0 Å². The number of nitrogens with zero attached hydrogens (tertiary/aromatic N) is 1. The lowest BCUT2D eigenvalue weighted by molar-refractivity contribution is 0.0281. The minimum atomic E-state index is 0.467. The molecular weight excluding hydrogens is 166 g/mol. The van der Waals surface area contributed by atoms with Gasteiger partial charge in [0.25, 0.3) is 0 Å². The highest BCUT2D eigenvalue weighted by Gasteiger charge is 2.12. The van der Waals surface area contributed by atoms with Crippen molar-refractivity contribution in [1.82, 2.24) is 0 Å². The Labute approximate surface area is 79.2 Å². The van der Waals surface area contributed by atoms with Gasteiger partial charge in [0.1, 0.15) is 0 Å². The van der Waals surface area contributed by atoms with Gasteiger partial charge in [0.05, 0.1) is 12.6 Å². The number of aliphatic imine (C=N–C) groups is 1. The van der Waals surface area contributed by atoms with E-state index in [2.05, 4.69) is 4.99 Å². The van der Waals surface area contributed by atoms with Crippen molar-refractivity contribution in [3.05, 3.63) is 0 Å². The van der Waals surface area contributed by atoms with Crippen LogP contribution in [-0.4, -0.2) is 25.3 Å². The molecule has 0 aliphatic heterocycles. The Morgan fingerprint density at radius 2 is 2.08 bits per heavy atom. The molecule has 0 atom stereocenters. The van der Waals surface area contributed by atoms with Crippen molar-refractivity contribution >= 4 is 6.08 Å². The van der Waals surface area contributed by atoms with Crippen LogP contribution in [0.4, 0.5) is 0 Å². The molecule has 0 bridgehead atoms. The second-order valence-corrected chi connectivity index (χ2v) is 3.46. The van der Waals surface area contributed by atoms with Crippen LogP contribution in [0.5, 0.6) is 0 Å². The largest absolute Gasteiger partial charge is 0.378 e. The monoisotopic (exact) mass is 183 g/mol. The lowest BCUT2D eigenvalue weighted by Gasteiger charge is -2.21. The fraction of sp³-hybridized carbons (Fsp3) is 0.900. The zero-order valence-corrected chi connectivity index (χ0v) is 8.00. The molecule has 0 aromatic rings. The van der Waals surface area contributed by atoms with Gasteiger partial charge < -0.3 is 4.74 Å². The van der Waals surface area contributed by atoms with Crippen LogP contribution in [-0.2, 0) is 9.53 Å². The molecular formula is C10H17NO2. The number of isocyanates is 1. The molecule has 0 radical (unpaired) electrons. The molecule has 0 N–H and O–H groups in total. The summed E-state index contributed by atoms with van der Waals surface area (Å²) < 4.78 is 5.64. The van der Waals surface area contributed by atoms with E-state index in [9.17, 15) is 4.79 Å². The maximum absolute atomic E-state index is 9.74. The number of hydrogen-bond acceptors (Lipinski definition) is 3. The Hall–Kier alpha value is -0.660. The molecule has 1 rings (SSSR count). The van der Waals surface area contributed by atoms with E-state index >= 15 is 0 Å². The van der Waals surface area contributed by atoms with E-state index in [-0.39, 0.29) is 0 Å². The Balaban J connectivity index is 1.94. The quantitative estimate of drug-likeness (QED) is 0.372. The maximum atomic E-state index is 9.74. The first-order valence-electron chi connectivity index (χ1n) is 5.08. The van der Waals surface area contributed by atoms with E-state index in [1.165, 1.54) is 38.2 Å². The van der Waals surface area contributed by atoms with Crippen LogP contribution in [0.15, 0.2) is 4.99 Å². The first-order chi connectivity index (χ1) is 6.43. The molecule has 0 aromatic carbocycles. The van der Waals surface area contributed by atoms with Gasteiger partial charge in [-0.25, -0.2) is 9.79 Å². The third-order valence-electron chi connectivity index (χ3n) is 2.38. The average molecular weight is 183 g/mol. The Bertz CT molecular complexity index is 170. The van der Waals surface area contributed by atoms with Crippen molar-refractivity contribution in [3.63, 3.8) is 0 Å². The highest BCUT2D eigenvalue weighted by atomic mass is 16.5. The molecule has 0 spiro atoms. The lowest BCUT2D eigenvalue weighted by Crippen LogP contribution is -2.17. The van der Waals surface area contributed by atoms with Gasteiger partial charge in [0.2, 0.25) is 6.08 Å². The Morgan fingerprint density at radius 3 is 2.77 bits per heavy atom. The van der Waals surface area contributed by atoms with Gasteiger partial charge in [-0.2, -0.15) is 0 Å². The summed E-state index contributed by atoms with van der Waals surface area (Å²) in [6.45, 7) is 1.28. The molecule has 1 aliphatic carbocycles. The van der Waals surface area contributed by atoms with E-state index in [4.69, 9.17) is 4.74 Å². The van der Waals surface area contributed by atoms with Crippen LogP contribution in [0.25, 0.3) is 0 Å². The van der Waals surface area contributed by atoms with Gasteiger partial charge in [-0.3, -0.25) is 0 Å². The van der Waals surface area contributed by atoms with Gasteiger partial charge in [-0.05, 0) is 19.3 Å². The van der Waals surface area contributed by atoms with Crippen LogP contribution in [0.1, 0.15) is 38.5 Å². The number of ether oxygens (including phenoxy) is 1. The standard InChI is InChI=1S/C10H17NO2/c12-9-11-7-4-8-13-10-5-2-1-3-6-10/h10H,1-8H2. The second-order valence-electron chi connectivity index (χ2n) is 3.46. The van der Waals surface area contributed by atoms with E-state index < -0.39 is 0 Å². The molecule has 3 heteroatoms. The van der Waals surface area contributed by atoms with E-state index in [0.717, 1.165) is 13.0 Å². The van der Waals surface area contributed by atoms with Crippen LogP contribution >= 0.6 is 0 Å². The number of hydrogen-bond donors (Lipinski definition) is 0. The van der Waals surface area contributed by atoms with Crippen LogP contribution in [0, 0.1) is 0 Å². The number of carbonyl (C=O) groups excluding carboxylic acids is 1. The normalized spacial score (nSPS) is 18.2. The fourth-order valence-corrected chi connectivity index (χ4v) is 1.67. The first-order valence-corrected chi connectivity index (χ1v) is 5.08. The Kier molecular flexibility index (Phi) is 5.46. The minimum absolute atomic E-state index is 0.467. The van der Waals surface area contributed by atoms with E-state index in [0.29, 0.717) is 12.6 Å². The summed E-state index contributed by atoms with van der Waals surface area (Å²) in [6, 6.07) is 0. The summed E-state index contributed by atoms with van der Waals surface area (Å²) in [5.74, 6) is 0. The molecule has 13 heavy (non-hydrogen) atoms. The van der Waals surface area contributed by atoms with Crippen molar-refractivity contribution in [3.8, 4) is 0 Å². The molecule has 0 aromatic heterocycles. The zero-order chi connectivity index (χ0) is 9.36. The molecule has 0 saturated heterocycles. The van der Waals surface area contributed by atoms with Crippen molar-refractivity contribution < 1.29 is 9.53 Å². The molecule has 0 unspecified atom stereocenters. The van der Waals surface area contributed by atoms with Gasteiger partial charge >= 0.3 is 0 Å². The molecule has 0 amide bonds. The van der Waals surface area contributed by atoms with Crippen molar-refractivity contribution in [2.75, 3.05) is 13.2 Å². The smallest absolute Gasteiger partial charge is 0.234 e. The van der Waals surface area contributed by atoms with Crippen LogP contribution in [0.2, 0.25) is 0 Å².